The standard InChI is InChI=1S/C24H23BrN4O6/c1-14(24(31)32)35-21-18(25)11-15(12-20(21)29(33)34)13-26-28-22(16-7-3-2-4-8-16)27-19-10-6-5-9-17(19)23(28)30/h5-6,9-14,16H,2-4,7-8H2,1H3,(H,31,32)/t14-/m1/s1. The molecule has 11 heteroatoms. The van der Waals surface area contributed by atoms with Crippen molar-refractivity contribution in [2.75, 3.05) is 0 Å². The number of fused-ring (bicyclic) bond motifs is 1. The van der Waals surface area contributed by atoms with Crippen LogP contribution in [-0.4, -0.2) is 38.0 Å². The van der Waals surface area contributed by atoms with Crippen LogP contribution in [0.5, 0.6) is 5.75 Å². The van der Waals surface area contributed by atoms with Gasteiger partial charge in [0.15, 0.2) is 6.10 Å². The molecular formula is C24H23BrN4O6. The number of nitrogens with zero attached hydrogens (tertiary/aromatic N) is 4. The Hall–Kier alpha value is -3.60. The van der Waals surface area contributed by atoms with Gasteiger partial charge >= 0.3 is 11.7 Å². The fraction of sp³-hybridized carbons (Fsp3) is 0.333. The first-order chi connectivity index (χ1) is 16.8. The molecule has 1 aliphatic rings. The van der Waals surface area contributed by atoms with Crippen LogP contribution in [0.2, 0.25) is 0 Å². The maximum absolute atomic E-state index is 13.3. The van der Waals surface area contributed by atoms with Gasteiger partial charge in [-0.3, -0.25) is 14.9 Å². The SMILES string of the molecule is C[C@@H](Oc1c(Br)cc(C=Nn2c(C3CCCCC3)nc3ccccc3c2=O)cc1[N+](=O)[O-])C(=O)O. The molecule has 0 unspecified atom stereocenters. The lowest BCUT2D eigenvalue weighted by Gasteiger charge is -2.22. The molecule has 10 nitrogen and oxygen atoms in total. The molecule has 1 heterocycles. The number of carboxylic acid groups (broad SMARTS) is 1. The number of carboxylic acids is 1. The summed E-state index contributed by atoms with van der Waals surface area (Å²) < 4.78 is 6.76. The van der Waals surface area contributed by atoms with E-state index in [9.17, 15) is 19.7 Å². The van der Waals surface area contributed by atoms with E-state index in [2.05, 4.69) is 21.0 Å². The number of carbonyl (C=O) groups is 1. The van der Waals surface area contributed by atoms with Crippen LogP contribution >= 0.6 is 15.9 Å². The lowest BCUT2D eigenvalue weighted by atomic mass is 9.88. The van der Waals surface area contributed by atoms with E-state index in [0.717, 1.165) is 32.1 Å². The summed E-state index contributed by atoms with van der Waals surface area (Å²) in [5.41, 5.74) is 0.201. The largest absolute Gasteiger partial charge is 0.479 e. The number of nitro groups is 1. The summed E-state index contributed by atoms with van der Waals surface area (Å²) in [4.78, 5) is 40.2. The first-order valence-corrected chi connectivity index (χ1v) is 12.0. The van der Waals surface area contributed by atoms with Gasteiger partial charge in [-0.2, -0.15) is 9.78 Å². The van der Waals surface area contributed by atoms with Gasteiger partial charge in [-0.15, -0.1) is 0 Å². The van der Waals surface area contributed by atoms with E-state index >= 15 is 0 Å². The van der Waals surface area contributed by atoms with Crippen LogP contribution in [-0.2, 0) is 4.79 Å². The van der Waals surface area contributed by atoms with Crippen molar-refractivity contribution >= 4 is 44.7 Å². The van der Waals surface area contributed by atoms with Crippen molar-refractivity contribution in [2.24, 2.45) is 5.10 Å². The first kappa shape index (κ1) is 24.5. The molecule has 3 aromatic rings. The van der Waals surface area contributed by atoms with Crippen molar-refractivity contribution in [2.45, 2.75) is 51.0 Å². The van der Waals surface area contributed by atoms with Gasteiger partial charge < -0.3 is 9.84 Å². The normalized spacial score (nSPS) is 15.4. The second-order valence-electron chi connectivity index (χ2n) is 8.39. The molecule has 1 atom stereocenters. The molecule has 1 saturated carbocycles. The zero-order valence-electron chi connectivity index (χ0n) is 18.9. The van der Waals surface area contributed by atoms with E-state index in [-0.39, 0.29) is 21.7 Å². The Morgan fingerprint density at radius 1 is 1.31 bits per heavy atom. The van der Waals surface area contributed by atoms with Gasteiger partial charge in [-0.1, -0.05) is 31.4 Å². The second-order valence-corrected chi connectivity index (χ2v) is 9.24. The molecule has 0 bridgehead atoms. The first-order valence-electron chi connectivity index (χ1n) is 11.2. The Balaban J connectivity index is 1.79. The van der Waals surface area contributed by atoms with Crippen molar-refractivity contribution in [3.63, 3.8) is 0 Å². The summed E-state index contributed by atoms with van der Waals surface area (Å²) in [5, 5.41) is 25.6. The fourth-order valence-corrected chi connectivity index (χ4v) is 4.72. The molecule has 35 heavy (non-hydrogen) atoms. The van der Waals surface area contributed by atoms with E-state index in [4.69, 9.17) is 14.8 Å². The molecular weight excluding hydrogens is 520 g/mol. The highest BCUT2D eigenvalue weighted by atomic mass is 79.9. The number of aliphatic carboxylic acids is 1. The van der Waals surface area contributed by atoms with Crippen LogP contribution < -0.4 is 10.3 Å². The molecule has 182 valence electrons. The van der Waals surface area contributed by atoms with Crippen LogP contribution in [0, 0.1) is 10.1 Å². The predicted molar refractivity (Wildman–Crippen MR) is 133 cm³/mol. The topological polar surface area (TPSA) is 137 Å². The van der Waals surface area contributed by atoms with E-state index in [1.807, 2.05) is 6.07 Å². The molecule has 0 radical (unpaired) electrons. The molecule has 1 N–H and O–H groups in total. The predicted octanol–water partition coefficient (Wildman–Crippen LogP) is 4.85. The van der Waals surface area contributed by atoms with Crippen LogP contribution in [0.1, 0.15) is 56.3 Å². The smallest absolute Gasteiger partial charge is 0.344 e. The second kappa shape index (κ2) is 10.3. The zero-order valence-corrected chi connectivity index (χ0v) is 20.5. The molecule has 4 rings (SSSR count). The molecule has 1 fully saturated rings. The van der Waals surface area contributed by atoms with E-state index in [0.29, 0.717) is 22.3 Å². The minimum absolute atomic E-state index is 0.0903. The number of para-hydroxylation sites is 1. The highest BCUT2D eigenvalue weighted by Gasteiger charge is 2.25. The summed E-state index contributed by atoms with van der Waals surface area (Å²) in [6, 6.07) is 9.82. The lowest BCUT2D eigenvalue weighted by molar-refractivity contribution is -0.386. The summed E-state index contributed by atoms with van der Waals surface area (Å²) in [7, 11) is 0. The Kier molecular flexibility index (Phi) is 7.25. The summed E-state index contributed by atoms with van der Waals surface area (Å²) >= 11 is 3.23. The van der Waals surface area contributed by atoms with Gasteiger partial charge in [-0.05, 0) is 53.9 Å². The number of ether oxygens (including phenoxy) is 1. The van der Waals surface area contributed by atoms with Crippen LogP contribution in [0.15, 0.2) is 50.8 Å². The van der Waals surface area contributed by atoms with Crippen molar-refractivity contribution in [1.29, 1.82) is 0 Å². The number of halogens is 1. The number of nitro benzene ring substituents is 1. The highest BCUT2D eigenvalue weighted by Crippen LogP contribution is 2.37. The van der Waals surface area contributed by atoms with Crippen molar-refractivity contribution < 1.29 is 19.6 Å². The van der Waals surface area contributed by atoms with Gasteiger partial charge in [0.2, 0.25) is 5.75 Å². The van der Waals surface area contributed by atoms with Gasteiger partial charge in [0.1, 0.15) is 5.82 Å². The van der Waals surface area contributed by atoms with Gasteiger partial charge in [-0.25, -0.2) is 9.78 Å². The number of hydrogen-bond donors (Lipinski definition) is 1. The maximum Gasteiger partial charge on any atom is 0.344 e. The van der Waals surface area contributed by atoms with Crippen molar-refractivity contribution in [1.82, 2.24) is 9.66 Å². The fourth-order valence-electron chi connectivity index (χ4n) is 4.16. The van der Waals surface area contributed by atoms with E-state index < -0.39 is 22.7 Å². The monoisotopic (exact) mass is 542 g/mol. The third-order valence-electron chi connectivity index (χ3n) is 5.96. The molecule has 0 saturated heterocycles. The summed E-state index contributed by atoms with van der Waals surface area (Å²) in [5.74, 6) is -0.786. The van der Waals surface area contributed by atoms with Crippen LogP contribution in [0.4, 0.5) is 5.69 Å². The van der Waals surface area contributed by atoms with Crippen LogP contribution in [0.25, 0.3) is 10.9 Å². The van der Waals surface area contributed by atoms with E-state index in [1.165, 1.54) is 29.9 Å². The zero-order chi connectivity index (χ0) is 25.1. The number of benzene rings is 2. The van der Waals surface area contributed by atoms with Crippen molar-refractivity contribution in [3.8, 4) is 5.75 Å². The molecule has 0 aliphatic heterocycles. The molecule has 0 amide bonds. The lowest BCUT2D eigenvalue weighted by Crippen LogP contribution is -2.25. The van der Waals surface area contributed by atoms with Gasteiger partial charge in [0.05, 0.1) is 26.5 Å². The molecule has 1 aromatic heterocycles. The highest BCUT2D eigenvalue weighted by molar-refractivity contribution is 9.10. The van der Waals surface area contributed by atoms with Crippen molar-refractivity contribution in [3.05, 3.63) is 72.7 Å². The number of aromatic nitrogens is 2. The average molecular weight is 543 g/mol. The van der Waals surface area contributed by atoms with E-state index in [1.54, 1.807) is 18.2 Å². The Bertz CT molecular complexity index is 1380. The molecule has 0 spiro atoms. The van der Waals surface area contributed by atoms with Gasteiger partial charge in [0.25, 0.3) is 5.56 Å². The quantitative estimate of drug-likeness (QED) is 0.256. The minimum Gasteiger partial charge on any atom is -0.479 e. The molecule has 1 aliphatic carbocycles. The Labute approximate surface area is 208 Å². The Morgan fingerprint density at radius 2 is 2.03 bits per heavy atom. The van der Waals surface area contributed by atoms with Gasteiger partial charge in [0, 0.05) is 17.5 Å². The third kappa shape index (κ3) is 5.24. The average Bonchev–Trinajstić information content (AvgIpc) is 2.85. The maximum atomic E-state index is 13.3. The number of rotatable bonds is 7. The number of hydrogen-bond acceptors (Lipinski definition) is 7. The summed E-state index contributed by atoms with van der Waals surface area (Å²) in [6.45, 7) is 1.28. The molecule has 2 aromatic carbocycles. The Morgan fingerprint density at radius 3 is 2.71 bits per heavy atom. The third-order valence-corrected chi connectivity index (χ3v) is 6.55. The van der Waals surface area contributed by atoms with Crippen LogP contribution in [0.3, 0.4) is 0 Å². The minimum atomic E-state index is -1.29. The summed E-state index contributed by atoms with van der Waals surface area (Å²) in [6.07, 6.45) is 5.12.